The molecule has 0 aromatic rings. The maximum Gasteiger partial charge on any atom is 0.303 e. The van der Waals surface area contributed by atoms with E-state index in [4.69, 9.17) is 20.1 Å². The fourth-order valence-corrected chi connectivity index (χ4v) is 1.17. The summed E-state index contributed by atoms with van der Waals surface area (Å²) < 4.78 is 5.39. The number of hydrogen-bond donors (Lipinski definition) is 1. The first-order chi connectivity index (χ1) is 7.94. The lowest BCUT2D eigenvalue weighted by Crippen LogP contribution is -2.45. The van der Waals surface area contributed by atoms with Crippen LogP contribution in [0.15, 0.2) is 0 Å². The Balaban J connectivity index is 0. The van der Waals surface area contributed by atoms with E-state index in [1.165, 1.54) is 6.92 Å². The number of aliphatic carboxylic acids is 1. The van der Waals surface area contributed by atoms with Crippen molar-refractivity contribution in [3.63, 3.8) is 0 Å². The molecule has 0 amide bonds. The Labute approximate surface area is 104 Å². The molecule has 0 rings (SSSR count). The monoisotopic (exact) mass is 266 g/mol. The van der Waals surface area contributed by atoms with E-state index < -0.39 is 23.1 Å². The van der Waals surface area contributed by atoms with Gasteiger partial charge in [0.05, 0.1) is 21.1 Å². The second kappa shape index (κ2) is 8.23. The standard InChI is InChI=1S/C9H17NO4.HNO3/c1-7(11)14-8(5-9(12)13)6-10(2,3)4;2-1(3)4/h8H,5-6H2,1-4H3;(H,2,3,4). The van der Waals surface area contributed by atoms with Crippen LogP contribution in [0.25, 0.3) is 0 Å². The summed E-state index contributed by atoms with van der Waals surface area (Å²) in [5.74, 6) is -1.67. The molecule has 0 aliphatic carbocycles. The second-order valence-electron chi connectivity index (χ2n) is 4.52. The molecule has 0 aliphatic heterocycles. The van der Waals surface area contributed by atoms with Crippen LogP contribution in [0.5, 0.6) is 0 Å². The van der Waals surface area contributed by atoms with Crippen LogP contribution in [0, 0.1) is 10.1 Å². The Hall–Kier alpha value is -1.90. The van der Waals surface area contributed by atoms with Crippen LogP contribution < -0.4 is 5.11 Å². The smallest absolute Gasteiger partial charge is 0.303 e. The largest absolute Gasteiger partial charge is 0.550 e. The zero-order chi connectivity index (χ0) is 14.9. The lowest BCUT2D eigenvalue weighted by molar-refractivity contribution is -0.873. The Morgan fingerprint density at radius 2 is 1.78 bits per heavy atom. The van der Waals surface area contributed by atoms with Crippen molar-refractivity contribution in [2.24, 2.45) is 0 Å². The molecule has 1 N–H and O–H groups in total. The van der Waals surface area contributed by atoms with E-state index in [0.717, 1.165) is 0 Å². The van der Waals surface area contributed by atoms with Gasteiger partial charge < -0.3 is 24.3 Å². The molecule has 0 fully saturated rings. The number of carbonyl (C=O) groups is 2. The van der Waals surface area contributed by atoms with Crippen LogP contribution in [-0.2, 0) is 14.3 Å². The summed E-state index contributed by atoms with van der Waals surface area (Å²) in [6.07, 6.45) is -0.868. The molecule has 0 heterocycles. The number of rotatable bonds is 5. The quantitative estimate of drug-likeness (QED) is 0.275. The number of esters is 1. The third-order valence-corrected chi connectivity index (χ3v) is 1.48. The molecular weight excluding hydrogens is 248 g/mol. The van der Waals surface area contributed by atoms with Gasteiger partial charge in [0.25, 0.3) is 5.09 Å². The molecule has 0 aromatic heterocycles. The minimum Gasteiger partial charge on any atom is -0.550 e. The second-order valence-corrected chi connectivity index (χ2v) is 4.52. The first-order valence-electron chi connectivity index (χ1n) is 4.95. The van der Waals surface area contributed by atoms with Crippen molar-refractivity contribution in [1.82, 2.24) is 0 Å². The molecule has 1 unspecified atom stereocenters. The number of quaternary nitrogens is 1. The van der Waals surface area contributed by atoms with Crippen LogP contribution in [0.1, 0.15) is 13.3 Å². The normalized spacial score (nSPS) is 11.8. The Kier molecular flexibility index (Phi) is 8.44. The summed E-state index contributed by atoms with van der Waals surface area (Å²) in [6.45, 7) is 1.71. The molecule has 1 atom stereocenters. The summed E-state index contributed by atoms with van der Waals surface area (Å²) in [7, 11) is 5.68. The van der Waals surface area contributed by atoms with Gasteiger partial charge in [-0.1, -0.05) is 0 Å². The topological polar surface area (TPSA) is 130 Å². The molecule has 0 aromatic carbocycles. The minimum absolute atomic E-state index is 0.255. The lowest BCUT2D eigenvalue weighted by Gasteiger charge is -2.28. The van der Waals surface area contributed by atoms with Crippen LogP contribution in [0.4, 0.5) is 0 Å². The summed E-state index contributed by atoms with van der Waals surface area (Å²) in [5, 5.41) is 24.0. The van der Waals surface area contributed by atoms with E-state index in [9.17, 15) is 14.7 Å². The number of carbonyl (C=O) groups excluding carboxylic acids is 2. The Morgan fingerprint density at radius 1 is 1.39 bits per heavy atom. The van der Waals surface area contributed by atoms with Gasteiger partial charge in [-0.3, -0.25) is 4.79 Å². The van der Waals surface area contributed by atoms with E-state index in [-0.39, 0.29) is 6.42 Å². The average molecular weight is 266 g/mol. The summed E-state index contributed by atoms with van der Waals surface area (Å²) in [4.78, 5) is 29.4. The highest BCUT2D eigenvalue weighted by molar-refractivity contribution is 5.68. The van der Waals surface area contributed by atoms with Gasteiger partial charge in [-0.2, -0.15) is 0 Å². The number of nitrogens with zero attached hydrogens (tertiary/aromatic N) is 2. The van der Waals surface area contributed by atoms with E-state index >= 15 is 0 Å². The predicted octanol–water partition coefficient (Wildman–Crippen LogP) is -1.58. The van der Waals surface area contributed by atoms with Gasteiger partial charge in [0.1, 0.15) is 6.54 Å². The molecule has 0 radical (unpaired) electrons. The lowest BCUT2D eigenvalue weighted by atomic mass is 10.2. The Bertz CT molecular complexity index is 278. The summed E-state index contributed by atoms with van der Waals surface area (Å²) >= 11 is 0. The molecule has 0 aliphatic rings. The fourth-order valence-electron chi connectivity index (χ4n) is 1.17. The zero-order valence-electron chi connectivity index (χ0n) is 10.8. The van der Waals surface area contributed by atoms with E-state index in [2.05, 4.69) is 0 Å². The summed E-state index contributed by atoms with van der Waals surface area (Å²) in [6, 6.07) is 0. The fraction of sp³-hybridized carbons (Fsp3) is 0.778. The van der Waals surface area contributed by atoms with Gasteiger partial charge in [0.15, 0.2) is 6.10 Å². The molecule has 0 bridgehead atoms. The van der Waals surface area contributed by atoms with Crippen LogP contribution >= 0.6 is 0 Å². The van der Waals surface area contributed by atoms with Crippen LogP contribution in [0.3, 0.4) is 0 Å². The van der Waals surface area contributed by atoms with Crippen molar-refractivity contribution in [3.05, 3.63) is 10.1 Å². The van der Waals surface area contributed by atoms with Crippen molar-refractivity contribution < 1.29 is 34.2 Å². The minimum atomic E-state index is -1.50. The third kappa shape index (κ3) is 19.6. The molecule has 18 heavy (non-hydrogen) atoms. The highest BCUT2D eigenvalue weighted by Gasteiger charge is 2.20. The van der Waals surface area contributed by atoms with Crippen molar-refractivity contribution in [2.75, 3.05) is 27.7 Å². The zero-order valence-corrected chi connectivity index (χ0v) is 10.8. The predicted molar refractivity (Wildman–Crippen MR) is 56.9 cm³/mol. The molecule has 106 valence electrons. The van der Waals surface area contributed by atoms with Crippen LogP contribution in [0.2, 0.25) is 0 Å². The van der Waals surface area contributed by atoms with Crippen LogP contribution in [-0.4, -0.2) is 60.5 Å². The molecule has 9 nitrogen and oxygen atoms in total. The van der Waals surface area contributed by atoms with Gasteiger partial charge in [-0.05, 0) is 0 Å². The van der Waals surface area contributed by atoms with E-state index in [1.54, 1.807) is 0 Å². The number of carboxylic acids is 1. The SMILES string of the molecule is CC(=O)OC(CC(=O)[O-])C[N+](C)(C)C.O=[N+]([O-])O. The maximum atomic E-state index is 10.7. The number of carboxylic acid groups (broad SMARTS) is 1. The summed E-state index contributed by atoms with van der Waals surface area (Å²) in [5.41, 5.74) is 0. The van der Waals surface area contributed by atoms with Crippen molar-refractivity contribution >= 4 is 11.9 Å². The van der Waals surface area contributed by atoms with Crippen molar-refractivity contribution in [3.8, 4) is 0 Å². The van der Waals surface area contributed by atoms with Gasteiger partial charge >= 0.3 is 5.97 Å². The van der Waals surface area contributed by atoms with E-state index in [1.807, 2.05) is 21.1 Å². The maximum absolute atomic E-state index is 10.7. The number of hydrogen-bond acceptors (Lipinski definition) is 6. The number of likely N-dealkylation sites (N-methyl/N-ethyl adjacent to an activating group) is 1. The average Bonchev–Trinajstić information content (AvgIpc) is 1.94. The third-order valence-electron chi connectivity index (χ3n) is 1.48. The highest BCUT2D eigenvalue weighted by atomic mass is 16.9. The molecule has 0 spiro atoms. The van der Waals surface area contributed by atoms with Crippen molar-refractivity contribution in [2.45, 2.75) is 19.4 Å². The highest BCUT2D eigenvalue weighted by Crippen LogP contribution is 2.04. The molecule has 9 heteroatoms. The van der Waals surface area contributed by atoms with Crippen molar-refractivity contribution in [1.29, 1.82) is 0 Å². The van der Waals surface area contributed by atoms with Gasteiger partial charge in [-0.25, -0.2) is 0 Å². The number of ether oxygens (including phenoxy) is 1. The molecule has 0 saturated carbocycles. The van der Waals surface area contributed by atoms with Gasteiger partial charge in [0.2, 0.25) is 0 Å². The van der Waals surface area contributed by atoms with Gasteiger partial charge in [-0.15, -0.1) is 10.1 Å². The molecule has 0 saturated heterocycles. The van der Waals surface area contributed by atoms with Gasteiger partial charge in [0, 0.05) is 19.3 Å². The first-order valence-corrected chi connectivity index (χ1v) is 4.95. The molecular formula is C9H18N2O7. The first kappa shape index (κ1) is 18.5. The van der Waals surface area contributed by atoms with E-state index in [0.29, 0.717) is 11.0 Å². The Morgan fingerprint density at radius 3 is 2.00 bits per heavy atom.